The molecule has 2 aromatic rings. The van der Waals surface area contributed by atoms with E-state index < -0.39 is 0 Å². The standard InChI is InChI=1S/C17H18ClNO/c1-12(13-6-8-14(18)9-7-13)19-16-10-11-20-17-5-3-2-4-15(16)17/h2-9,12,16,19H,10-11H2,1H3/t12-,16?/m1/s1. The molecule has 1 heterocycles. The van der Waals surface area contributed by atoms with Crippen molar-refractivity contribution in [2.24, 2.45) is 0 Å². The summed E-state index contributed by atoms with van der Waals surface area (Å²) in [6.45, 7) is 2.95. The average Bonchev–Trinajstić information content (AvgIpc) is 2.48. The molecule has 2 atom stereocenters. The molecule has 0 fully saturated rings. The zero-order valence-corrected chi connectivity index (χ0v) is 12.2. The van der Waals surface area contributed by atoms with Crippen LogP contribution in [0.25, 0.3) is 0 Å². The van der Waals surface area contributed by atoms with Crippen LogP contribution in [0.5, 0.6) is 5.75 Å². The fourth-order valence-electron chi connectivity index (χ4n) is 2.66. The molecule has 0 saturated carbocycles. The highest BCUT2D eigenvalue weighted by molar-refractivity contribution is 6.30. The molecule has 0 radical (unpaired) electrons. The number of nitrogens with one attached hydrogen (secondary N) is 1. The number of rotatable bonds is 3. The summed E-state index contributed by atoms with van der Waals surface area (Å²) in [5, 5.41) is 4.46. The van der Waals surface area contributed by atoms with E-state index in [0.29, 0.717) is 6.04 Å². The normalized spacial score (nSPS) is 19.0. The average molecular weight is 288 g/mol. The monoisotopic (exact) mass is 287 g/mol. The van der Waals surface area contributed by atoms with E-state index in [-0.39, 0.29) is 6.04 Å². The third-order valence-corrected chi connectivity index (χ3v) is 4.03. The summed E-state index contributed by atoms with van der Waals surface area (Å²) in [5.41, 5.74) is 2.50. The molecular weight excluding hydrogens is 270 g/mol. The number of benzene rings is 2. The van der Waals surface area contributed by atoms with Gasteiger partial charge in [-0.15, -0.1) is 0 Å². The van der Waals surface area contributed by atoms with Crippen molar-refractivity contribution >= 4 is 11.6 Å². The molecule has 2 nitrogen and oxygen atoms in total. The Morgan fingerprint density at radius 1 is 1.15 bits per heavy atom. The second-order valence-electron chi connectivity index (χ2n) is 5.17. The van der Waals surface area contributed by atoms with E-state index in [9.17, 15) is 0 Å². The Bertz CT molecular complexity index is 582. The van der Waals surface area contributed by atoms with E-state index in [1.54, 1.807) is 0 Å². The highest BCUT2D eigenvalue weighted by Crippen LogP contribution is 2.33. The number of para-hydroxylation sites is 1. The number of hydrogen-bond donors (Lipinski definition) is 1. The largest absolute Gasteiger partial charge is 0.493 e. The summed E-state index contributed by atoms with van der Waals surface area (Å²) >= 11 is 5.94. The Morgan fingerprint density at radius 2 is 1.90 bits per heavy atom. The van der Waals surface area contributed by atoms with Crippen molar-refractivity contribution in [2.75, 3.05) is 6.61 Å². The van der Waals surface area contributed by atoms with Gasteiger partial charge < -0.3 is 10.1 Å². The summed E-state index contributed by atoms with van der Waals surface area (Å²) < 4.78 is 5.70. The van der Waals surface area contributed by atoms with Crippen LogP contribution in [-0.4, -0.2) is 6.61 Å². The predicted octanol–water partition coefficient (Wildman–Crippen LogP) is 4.51. The molecule has 0 bridgehead atoms. The summed E-state index contributed by atoms with van der Waals surface area (Å²) in [7, 11) is 0. The van der Waals surface area contributed by atoms with E-state index in [1.807, 2.05) is 24.3 Å². The molecule has 20 heavy (non-hydrogen) atoms. The molecule has 1 aliphatic heterocycles. The topological polar surface area (TPSA) is 21.3 Å². The fourth-order valence-corrected chi connectivity index (χ4v) is 2.79. The van der Waals surface area contributed by atoms with Gasteiger partial charge in [-0.3, -0.25) is 0 Å². The third-order valence-electron chi connectivity index (χ3n) is 3.78. The number of ether oxygens (including phenoxy) is 1. The van der Waals surface area contributed by atoms with Crippen LogP contribution in [0.3, 0.4) is 0 Å². The Morgan fingerprint density at radius 3 is 2.70 bits per heavy atom. The minimum atomic E-state index is 0.281. The zero-order chi connectivity index (χ0) is 13.9. The van der Waals surface area contributed by atoms with Crippen molar-refractivity contribution in [3.8, 4) is 5.75 Å². The van der Waals surface area contributed by atoms with Gasteiger partial charge in [-0.2, -0.15) is 0 Å². The zero-order valence-electron chi connectivity index (χ0n) is 11.5. The lowest BCUT2D eigenvalue weighted by Gasteiger charge is -2.29. The summed E-state index contributed by atoms with van der Waals surface area (Å²) in [6.07, 6.45) is 0.995. The Kier molecular flexibility index (Phi) is 3.95. The molecule has 1 aliphatic rings. The second-order valence-corrected chi connectivity index (χ2v) is 5.60. The van der Waals surface area contributed by atoms with Gasteiger partial charge in [-0.1, -0.05) is 41.9 Å². The van der Waals surface area contributed by atoms with Gasteiger partial charge in [0.1, 0.15) is 5.75 Å². The molecule has 3 heteroatoms. The molecule has 3 rings (SSSR count). The van der Waals surface area contributed by atoms with Crippen LogP contribution in [0.2, 0.25) is 5.02 Å². The van der Waals surface area contributed by atoms with Gasteiger partial charge in [0.15, 0.2) is 0 Å². The molecule has 0 amide bonds. The number of fused-ring (bicyclic) bond motifs is 1. The smallest absolute Gasteiger partial charge is 0.124 e. The number of halogens is 1. The Labute approximate surface area is 124 Å². The maximum Gasteiger partial charge on any atom is 0.124 e. The molecular formula is C17H18ClNO. The lowest BCUT2D eigenvalue weighted by Crippen LogP contribution is -2.29. The first-order chi connectivity index (χ1) is 9.74. The SMILES string of the molecule is C[C@@H](NC1CCOc2ccccc21)c1ccc(Cl)cc1. The van der Waals surface area contributed by atoms with E-state index >= 15 is 0 Å². The molecule has 0 spiro atoms. The Balaban J connectivity index is 1.77. The van der Waals surface area contributed by atoms with Gasteiger partial charge in [0.05, 0.1) is 6.61 Å². The maximum atomic E-state index is 5.94. The summed E-state index contributed by atoms with van der Waals surface area (Å²) in [4.78, 5) is 0. The van der Waals surface area contributed by atoms with E-state index in [2.05, 4.69) is 36.5 Å². The molecule has 2 aromatic carbocycles. The van der Waals surface area contributed by atoms with Crippen LogP contribution < -0.4 is 10.1 Å². The van der Waals surface area contributed by atoms with Crippen LogP contribution in [0.1, 0.15) is 36.6 Å². The second kappa shape index (κ2) is 5.86. The number of hydrogen-bond acceptors (Lipinski definition) is 2. The van der Waals surface area contributed by atoms with Crippen LogP contribution in [-0.2, 0) is 0 Å². The minimum absolute atomic E-state index is 0.281. The Hall–Kier alpha value is -1.51. The summed E-state index contributed by atoms with van der Waals surface area (Å²) in [6, 6.07) is 16.9. The molecule has 0 saturated heterocycles. The molecule has 104 valence electrons. The van der Waals surface area contributed by atoms with E-state index in [0.717, 1.165) is 23.8 Å². The quantitative estimate of drug-likeness (QED) is 0.896. The lowest BCUT2D eigenvalue weighted by molar-refractivity contribution is 0.246. The molecule has 0 aliphatic carbocycles. The predicted molar refractivity (Wildman–Crippen MR) is 82.3 cm³/mol. The first kappa shape index (κ1) is 13.5. The van der Waals surface area contributed by atoms with Gasteiger partial charge in [0.2, 0.25) is 0 Å². The van der Waals surface area contributed by atoms with Gasteiger partial charge in [0, 0.05) is 29.1 Å². The van der Waals surface area contributed by atoms with E-state index in [4.69, 9.17) is 16.3 Å². The first-order valence-electron chi connectivity index (χ1n) is 6.97. The van der Waals surface area contributed by atoms with Crippen molar-refractivity contribution in [3.63, 3.8) is 0 Å². The van der Waals surface area contributed by atoms with Crippen molar-refractivity contribution in [2.45, 2.75) is 25.4 Å². The summed E-state index contributed by atoms with van der Waals surface area (Å²) in [5.74, 6) is 1.000. The highest BCUT2D eigenvalue weighted by Gasteiger charge is 2.22. The minimum Gasteiger partial charge on any atom is -0.493 e. The van der Waals surface area contributed by atoms with Gasteiger partial charge in [-0.25, -0.2) is 0 Å². The van der Waals surface area contributed by atoms with Crippen molar-refractivity contribution in [1.29, 1.82) is 0 Å². The van der Waals surface area contributed by atoms with Crippen LogP contribution in [0.4, 0.5) is 0 Å². The molecule has 1 unspecified atom stereocenters. The highest BCUT2D eigenvalue weighted by atomic mass is 35.5. The molecule has 1 N–H and O–H groups in total. The van der Waals surface area contributed by atoms with Crippen LogP contribution in [0.15, 0.2) is 48.5 Å². The first-order valence-corrected chi connectivity index (χ1v) is 7.35. The van der Waals surface area contributed by atoms with Gasteiger partial charge in [-0.05, 0) is 30.7 Å². The van der Waals surface area contributed by atoms with Gasteiger partial charge in [0.25, 0.3) is 0 Å². The van der Waals surface area contributed by atoms with Gasteiger partial charge >= 0.3 is 0 Å². The van der Waals surface area contributed by atoms with Crippen LogP contribution in [0, 0.1) is 0 Å². The van der Waals surface area contributed by atoms with Crippen LogP contribution >= 0.6 is 11.6 Å². The van der Waals surface area contributed by atoms with E-state index in [1.165, 1.54) is 11.1 Å². The third kappa shape index (κ3) is 2.82. The maximum absolute atomic E-state index is 5.94. The van der Waals surface area contributed by atoms with Crippen molar-refractivity contribution in [3.05, 3.63) is 64.7 Å². The van der Waals surface area contributed by atoms with Crippen molar-refractivity contribution in [1.82, 2.24) is 5.32 Å². The lowest BCUT2D eigenvalue weighted by atomic mass is 9.98. The van der Waals surface area contributed by atoms with Crippen molar-refractivity contribution < 1.29 is 4.74 Å². The fraction of sp³-hybridized carbons (Fsp3) is 0.294. The molecule has 0 aromatic heterocycles.